The van der Waals surface area contributed by atoms with E-state index < -0.39 is 17.7 Å². The normalized spacial score (nSPS) is 12.4. The molecule has 0 spiro atoms. The first-order valence-corrected chi connectivity index (χ1v) is 5.14. The Hall–Kier alpha value is -1.94. The molecule has 1 atom stereocenters. The highest BCUT2D eigenvalue weighted by atomic mass is 19.2. The van der Waals surface area contributed by atoms with Crippen LogP contribution in [0.3, 0.4) is 0 Å². The Labute approximate surface area is 97.9 Å². The Morgan fingerprint density at radius 2 is 1.59 bits per heavy atom. The Morgan fingerprint density at radius 3 is 2.24 bits per heavy atom. The molecule has 4 N–H and O–H groups in total. The zero-order chi connectivity index (χ0) is 12.4. The van der Waals surface area contributed by atoms with Gasteiger partial charge >= 0.3 is 0 Å². The van der Waals surface area contributed by atoms with E-state index in [0.29, 0.717) is 11.3 Å². The van der Waals surface area contributed by atoms with Crippen LogP contribution in [0.5, 0.6) is 0 Å². The number of hydrogen-bond acceptors (Lipinski definition) is 2. The highest BCUT2D eigenvalue weighted by Gasteiger charge is 2.11. The van der Waals surface area contributed by atoms with E-state index in [1.165, 1.54) is 6.07 Å². The second kappa shape index (κ2) is 4.51. The van der Waals surface area contributed by atoms with Crippen molar-refractivity contribution in [3.05, 3.63) is 65.2 Å². The Morgan fingerprint density at radius 1 is 0.882 bits per heavy atom. The van der Waals surface area contributed by atoms with E-state index in [4.69, 9.17) is 11.5 Å². The average Bonchev–Trinajstić information content (AvgIpc) is 2.32. The smallest absolute Gasteiger partial charge is 0.159 e. The summed E-state index contributed by atoms with van der Waals surface area (Å²) in [5.74, 6) is -1.78. The molecule has 0 bridgehead atoms. The van der Waals surface area contributed by atoms with Crippen LogP contribution in [-0.2, 0) is 0 Å². The molecule has 0 aliphatic carbocycles. The molecule has 0 aromatic heterocycles. The van der Waals surface area contributed by atoms with Crippen LogP contribution in [0, 0.1) is 11.6 Å². The van der Waals surface area contributed by atoms with Crippen LogP contribution < -0.4 is 11.5 Å². The van der Waals surface area contributed by atoms with Crippen LogP contribution in [0.4, 0.5) is 14.5 Å². The van der Waals surface area contributed by atoms with E-state index in [1.807, 2.05) is 0 Å². The third-order valence-corrected chi connectivity index (χ3v) is 2.57. The van der Waals surface area contributed by atoms with Gasteiger partial charge in [0.1, 0.15) is 0 Å². The second-order valence-corrected chi connectivity index (χ2v) is 3.82. The minimum absolute atomic E-state index is 0.509. The fourth-order valence-corrected chi connectivity index (χ4v) is 1.65. The number of benzene rings is 2. The quantitative estimate of drug-likeness (QED) is 0.785. The maximum absolute atomic E-state index is 13.1. The first kappa shape index (κ1) is 11.5. The van der Waals surface area contributed by atoms with Crippen molar-refractivity contribution in [1.29, 1.82) is 0 Å². The van der Waals surface area contributed by atoms with Crippen molar-refractivity contribution in [2.45, 2.75) is 6.04 Å². The minimum Gasteiger partial charge on any atom is -0.399 e. The van der Waals surface area contributed by atoms with E-state index >= 15 is 0 Å². The first-order chi connectivity index (χ1) is 8.08. The van der Waals surface area contributed by atoms with Gasteiger partial charge in [-0.05, 0) is 35.4 Å². The Kier molecular flexibility index (Phi) is 3.06. The number of nitrogen functional groups attached to an aromatic ring is 1. The predicted molar refractivity (Wildman–Crippen MR) is 63.2 cm³/mol. The summed E-state index contributed by atoms with van der Waals surface area (Å²) < 4.78 is 25.9. The maximum atomic E-state index is 13.1. The SMILES string of the molecule is Nc1cccc(C(N)c2ccc(F)c(F)c2)c1. The van der Waals surface area contributed by atoms with Crippen molar-refractivity contribution in [2.75, 3.05) is 5.73 Å². The van der Waals surface area contributed by atoms with Crippen molar-refractivity contribution < 1.29 is 8.78 Å². The maximum Gasteiger partial charge on any atom is 0.159 e. The molecule has 0 heterocycles. The molecule has 4 heteroatoms. The third kappa shape index (κ3) is 2.42. The molecule has 0 radical (unpaired) electrons. The lowest BCUT2D eigenvalue weighted by Gasteiger charge is -2.13. The van der Waals surface area contributed by atoms with Crippen molar-refractivity contribution in [2.24, 2.45) is 5.73 Å². The van der Waals surface area contributed by atoms with Gasteiger partial charge in [-0.3, -0.25) is 0 Å². The number of halogens is 2. The van der Waals surface area contributed by atoms with E-state index in [0.717, 1.165) is 17.7 Å². The average molecular weight is 234 g/mol. The lowest BCUT2D eigenvalue weighted by molar-refractivity contribution is 0.506. The molecule has 0 amide bonds. The van der Waals surface area contributed by atoms with Gasteiger partial charge in [0.2, 0.25) is 0 Å². The molecule has 1 unspecified atom stereocenters. The number of rotatable bonds is 2. The Bertz CT molecular complexity index is 541. The van der Waals surface area contributed by atoms with Crippen molar-refractivity contribution in [3.8, 4) is 0 Å². The monoisotopic (exact) mass is 234 g/mol. The molecule has 0 fully saturated rings. The summed E-state index contributed by atoms with van der Waals surface area (Å²) in [6.45, 7) is 0. The van der Waals surface area contributed by atoms with Crippen LogP contribution in [0.1, 0.15) is 17.2 Å². The van der Waals surface area contributed by atoms with Gasteiger partial charge in [0.15, 0.2) is 11.6 Å². The van der Waals surface area contributed by atoms with E-state index in [-0.39, 0.29) is 0 Å². The van der Waals surface area contributed by atoms with E-state index in [9.17, 15) is 8.78 Å². The van der Waals surface area contributed by atoms with E-state index in [2.05, 4.69) is 0 Å². The summed E-state index contributed by atoms with van der Waals surface area (Å²) in [6, 6.07) is 10.1. The molecule has 0 aliphatic rings. The number of hydrogen-bond donors (Lipinski definition) is 2. The van der Waals surface area contributed by atoms with Crippen LogP contribution >= 0.6 is 0 Å². The van der Waals surface area contributed by atoms with Gasteiger partial charge in [-0.25, -0.2) is 8.78 Å². The van der Waals surface area contributed by atoms with Crippen LogP contribution in [0.25, 0.3) is 0 Å². The fourth-order valence-electron chi connectivity index (χ4n) is 1.65. The highest BCUT2D eigenvalue weighted by molar-refractivity contribution is 5.44. The molecule has 0 saturated carbocycles. The molecule has 2 aromatic rings. The summed E-state index contributed by atoms with van der Waals surface area (Å²) in [6.07, 6.45) is 0. The summed E-state index contributed by atoms with van der Waals surface area (Å²) >= 11 is 0. The van der Waals surface area contributed by atoms with Gasteiger partial charge in [-0.2, -0.15) is 0 Å². The van der Waals surface area contributed by atoms with Crippen molar-refractivity contribution in [3.63, 3.8) is 0 Å². The molecule has 0 aliphatic heterocycles. The van der Waals surface area contributed by atoms with Gasteiger partial charge in [-0.1, -0.05) is 18.2 Å². The van der Waals surface area contributed by atoms with Gasteiger partial charge in [-0.15, -0.1) is 0 Å². The summed E-state index contributed by atoms with van der Waals surface area (Å²) in [5, 5.41) is 0. The second-order valence-electron chi connectivity index (χ2n) is 3.82. The molecule has 0 saturated heterocycles. The molecule has 2 aromatic carbocycles. The van der Waals surface area contributed by atoms with E-state index in [1.54, 1.807) is 24.3 Å². The zero-order valence-corrected chi connectivity index (χ0v) is 9.03. The molecule has 2 nitrogen and oxygen atoms in total. The number of nitrogens with two attached hydrogens (primary N) is 2. The highest BCUT2D eigenvalue weighted by Crippen LogP contribution is 2.22. The summed E-state index contributed by atoms with van der Waals surface area (Å²) in [4.78, 5) is 0. The number of anilines is 1. The van der Waals surface area contributed by atoms with Crippen LogP contribution in [0.15, 0.2) is 42.5 Å². The van der Waals surface area contributed by atoms with Crippen LogP contribution in [0.2, 0.25) is 0 Å². The molecule has 17 heavy (non-hydrogen) atoms. The largest absolute Gasteiger partial charge is 0.399 e. The molecule has 88 valence electrons. The lowest BCUT2D eigenvalue weighted by atomic mass is 9.99. The standard InChI is InChI=1S/C13H12F2N2/c14-11-5-4-9(7-12(11)15)13(17)8-2-1-3-10(16)6-8/h1-7,13H,16-17H2. The molecular formula is C13H12F2N2. The van der Waals surface area contributed by atoms with Gasteiger partial charge in [0.25, 0.3) is 0 Å². The summed E-state index contributed by atoms with van der Waals surface area (Å²) in [7, 11) is 0. The zero-order valence-electron chi connectivity index (χ0n) is 9.03. The van der Waals surface area contributed by atoms with Crippen LogP contribution in [-0.4, -0.2) is 0 Å². The van der Waals surface area contributed by atoms with Gasteiger partial charge in [0.05, 0.1) is 6.04 Å². The summed E-state index contributed by atoms with van der Waals surface area (Å²) in [5.41, 5.74) is 13.5. The minimum atomic E-state index is -0.901. The first-order valence-electron chi connectivity index (χ1n) is 5.14. The third-order valence-electron chi connectivity index (χ3n) is 2.57. The fraction of sp³-hybridized carbons (Fsp3) is 0.0769. The lowest BCUT2D eigenvalue weighted by Crippen LogP contribution is -2.12. The predicted octanol–water partition coefficient (Wildman–Crippen LogP) is 2.60. The van der Waals surface area contributed by atoms with Gasteiger partial charge < -0.3 is 11.5 Å². The van der Waals surface area contributed by atoms with Crippen molar-refractivity contribution >= 4 is 5.69 Å². The Balaban J connectivity index is 2.36. The molecular weight excluding hydrogens is 222 g/mol. The van der Waals surface area contributed by atoms with Crippen molar-refractivity contribution in [1.82, 2.24) is 0 Å². The topological polar surface area (TPSA) is 52.0 Å². The molecule has 2 rings (SSSR count). The van der Waals surface area contributed by atoms with Gasteiger partial charge in [0, 0.05) is 5.69 Å².